The highest BCUT2D eigenvalue weighted by Gasteiger charge is 2.28. The van der Waals surface area contributed by atoms with Crippen molar-refractivity contribution in [3.05, 3.63) is 33.8 Å². The lowest BCUT2D eigenvalue weighted by molar-refractivity contribution is 0.0914. The molecule has 5 heteroatoms. The lowest BCUT2D eigenvalue weighted by Crippen LogP contribution is -2.51. The van der Waals surface area contributed by atoms with Crippen molar-refractivity contribution in [2.45, 2.75) is 25.8 Å². The van der Waals surface area contributed by atoms with E-state index in [1.54, 1.807) is 0 Å². The molecule has 1 aromatic rings. The molecule has 0 aliphatic carbocycles. The SMILES string of the molecule is CCC(CBr)(CBr)NC(=O)c1cccc(Br)c1C. The topological polar surface area (TPSA) is 29.1 Å². The summed E-state index contributed by atoms with van der Waals surface area (Å²) in [6.07, 6.45) is 0.863. The van der Waals surface area contributed by atoms with Crippen LogP contribution in [-0.2, 0) is 0 Å². The molecule has 0 saturated heterocycles. The molecule has 0 heterocycles. The zero-order chi connectivity index (χ0) is 13.8. The summed E-state index contributed by atoms with van der Waals surface area (Å²) in [4.78, 5) is 12.3. The number of hydrogen-bond donors (Lipinski definition) is 1. The van der Waals surface area contributed by atoms with Gasteiger partial charge >= 0.3 is 0 Å². The Balaban J connectivity index is 2.98. The monoisotopic (exact) mass is 439 g/mol. The smallest absolute Gasteiger partial charge is 0.252 e. The Morgan fingerprint density at radius 2 is 1.94 bits per heavy atom. The number of carbonyl (C=O) groups excluding carboxylic acids is 1. The Labute approximate surface area is 133 Å². The van der Waals surface area contributed by atoms with E-state index in [0.29, 0.717) is 5.56 Å². The first kappa shape index (κ1) is 16.2. The molecule has 2 nitrogen and oxygen atoms in total. The molecule has 0 spiro atoms. The summed E-state index contributed by atoms with van der Waals surface area (Å²) in [6, 6.07) is 5.66. The molecule has 0 bridgehead atoms. The van der Waals surface area contributed by atoms with E-state index in [1.165, 1.54) is 0 Å². The molecule has 100 valence electrons. The zero-order valence-corrected chi connectivity index (χ0v) is 15.2. The second-order valence-corrected chi connectivity index (χ2v) is 6.24. The van der Waals surface area contributed by atoms with E-state index in [9.17, 15) is 4.79 Å². The molecule has 0 atom stereocenters. The van der Waals surface area contributed by atoms with Crippen molar-refractivity contribution in [1.29, 1.82) is 0 Å². The van der Waals surface area contributed by atoms with Gasteiger partial charge in [0, 0.05) is 20.7 Å². The second kappa shape index (κ2) is 7.06. The van der Waals surface area contributed by atoms with Crippen molar-refractivity contribution in [3.8, 4) is 0 Å². The highest BCUT2D eigenvalue weighted by molar-refractivity contribution is 9.10. The van der Waals surface area contributed by atoms with Crippen LogP contribution in [-0.4, -0.2) is 22.1 Å². The van der Waals surface area contributed by atoms with E-state index < -0.39 is 0 Å². The first-order chi connectivity index (χ1) is 8.49. The lowest BCUT2D eigenvalue weighted by atomic mass is 10.00. The zero-order valence-electron chi connectivity index (χ0n) is 10.4. The van der Waals surface area contributed by atoms with Crippen LogP contribution in [0, 0.1) is 6.92 Å². The van der Waals surface area contributed by atoms with Gasteiger partial charge in [0.05, 0.1) is 5.54 Å². The minimum Gasteiger partial charge on any atom is -0.345 e. The Morgan fingerprint density at radius 3 is 2.44 bits per heavy atom. The maximum Gasteiger partial charge on any atom is 0.252 e. The number of benzene rings is 1. The average Bonchev–Trinajstić information content (AvgIpc) is 2.39. The third-order valence-electron chi connectivity index (χ3n) is 3.08. The number of halogens is 3. The third kappa shape index (κ3) is 3.58. The summed E-state index contributed by atoms with van der Waals surface area (Å²) in [5.74, 6) is -0.0328. The van der Waals surface area contributed by atoms with Crippen LogP contribution >= 0.6 is 47.8 Å². The largest absolute Gasteiger partial charge is 0.345 e. The average molecular weight is 442 g/mol. The van der Waals surface area contributed by atoms with Crippen molar-refractivity contribution in [2.75, 3.05) is 10.7 Å². The fraction of sp³-hybridized carbons (Fsp3) is 0.462. The molecule has 0 aliphatic heterocycles. The number of amides is 1. The molecule has 0 aromatic heterocycles. The normalized spacial score (nSPS) is 11.4. The number of nitrogens with one attached hydrogen (secondary N) is 1. The first-order valence-corrected chi connectivity index (χ1v) is 8.73. The lowest BCUT2D eigenvalue weighted by Gasteiger charge is -2.30. The molecule has 0 aliphatic rings. The molecule has 0 radical (unpaired) electrons. The van der Waals surface area contributed by atoms with Crippen molar-refractivity contribution >= 4 is 53.7 Å². The van der Waals surface area contributed by atoms with Crippen molar-refractivity contribution in [2.24, 2.45) is 0 Å². The fourth-order valence-corrected chi connectivity index (χ4v) is 3.91. The Kier molecular flexibility index (Phi) is 6.35. The van der Waals surface area contributed by atoms with E-state index >= 15 is 0 Å². The van der Waals surface area contributed by atoms with E-state index in [0.717, 1.165) is 27.1 Å². The minimum absolute atomic E-state index is 0.0328. The van der Waals surface area contributed by atoms with Gasteiger partial charge < -0.3 is 5.32 Å². The molecule has 1 rings (SSSR count). The van der Waals surface area contributed by atoms with Gasteiger partial charge in [-0.25, -0.2) is 0 Å². The molecular weight excluding hydrogens is 426 g/mol. The van der Waals surface area contributed by atoms with Gasteiger partial charge in [0.2, 0.25) is 0 Å². The molecular formula is C13H16Br3NO. The maximum absolute atomic E-state index is 12.3. The van der Waals surface area contributed by atoms with E-state index in [4.69, 9.17) is 0 Å². The Hall–Kier alpha value is 0.130. The third-order valence-corrected chi connectivity index (χ3v) is 6.09. The van der Waals surface area contributed by atoms with Crippen LogP contribution < -0.4 is 5.32 Å². The van der Waals surface area contributed by atoms with Crippen LogP contribution in [0.15, 0.2) is 22.7 Å². The van der Waals surface area contributed by atoms with Crippen LogP contribution in [0.1, 0.15) is 29.3 Å². The summed E-state index contributed by atoms with van der Waals surface area (Å²) >= 11 is 10.4. The molecule has 18 heavy (non-hydrogen) atoms. The van der Waals surface area contributed by atoms with Crippen LogP contribution in [0.2, 0.25) is 0 Å². The van der Waals surface area contributed by atoms with Crippen molar-refractivity contribution in [1.82, 2.24) is 5.32 Å². The minimum atomic E-state index is -0.244. The quantitative estimate of drug-likeness (QED) is 0.673. The van der Waals surface area contributed by atoms with E-state index in [-0.39, 0.29) is 11.4 Å². The molecule has 0 fully saturated rings. The Morgan fingerprint density at radius 1 is 1.33 bits per heavy atom. The number of rotatable bonds is 5. The van der Waals surface area contributed by atoms with E-state index in [1.807, 2.05) is 25.1 Å². The number of alkyl halides is 2. The summed E-state index contributed by atoms with van der Waals surface area (Å²) in [5, 5.41) is 4.56. The molecule has 0 unspecified atom stereocenters. The van der Waals surface area contributed by atoms with Gasteiger partial charge in [-0.05, 0) is 31.0 Å². The molecule has 1 N–H and O–H groups in total. The van der Waals surface area contributed by atoms with Gasteiger partial charge in [0.25, 0.3) is 5.91 Å². The highest BCUT2D eigenvalue weighted by Crippen LogP contribution is 2.22. The van der Waals surface area contributed by atoms with Gasteiger partial charge in [-0.2, -0.15) is 0 Å². The fourth-order valence-electron chi connectivity index (χ4n) is 1.54. The molecule has 0 saturated carbocycles. The van der Waals surface area contributed by atoms with Gasteiger partial charge in [0.15, 0.2) is 0 Å². The second-order valence-electron chi connectivity index (χ2n) is 4.27. The predicted octanol–water partition coefficient (Wildman–Crippen LogP) is 4.43. The van der Waals surface area contributed by atoms with E-state index in [2.05, 4.69) is 60.0 Å². The van der Waals surface area contributed by atoms with Crippen LogP contribution in [0.4, 0.5) is 0 Å². The Bertz CT molecular complexity index is 422. The summed E-state index contributed by atoms with van der Waals surface area (Å²) < 4.78 is 0.954. The summed E-state index contributed by atoms with van der Waals surface area (Å²) in [6.45, 7) is 4.01. The van der Waals surface area contributed by atoms with Crippen molar-refractivity contribution in [3.63, 3.8) is 0 Å². The van der Waals surface area contributed by atoms with Crippen LogP contribution in [0.3, 0.4) is 0 Å². The van der Waals surface area contributed by atoms with Crippen LogP contribution in [0.5, 0.6) is 0 Å². The predicted molar refractivity (Wildman–Crippen MR) is 87.0 cm³/mol. The standard InChI is InChI=1S/C13H16Br3NO/c1-3-13(7-14,8-15)17-12(18)10-5-4-6-11(16)9(10)2/h4-6H,3,7-8H2,1-2H3,(H,17,18). The van der Waals surface area contributed by atoms with Gasteiger partial charge in [-0.3, -0.25) is 4.79 Å². The summed E-state index contributed by atoms with van der Waals surface area (Å²) in [7, 11) is 0. The highest BCUT2D eigenvalue weighted by atomic mass is 79.9. The van der Waals surface area contributed by atoms with Gasteiger partial charge in [0.1, 0.15) is 0 Å². The van der Waals surface area contributed by atoms with Gasteiger partial charge in [-0.1, -0.05) is 60.8 Å². The van der Waals surface area contributed by atoms with Crippen LogP contribution in [0.25, 0.3) is 0 Å². The maximum atomic E-state index is 12.3. The summed E-state index contributed by atoms with van der Waals surface area (Å²) in [5.41, 5.74) is 1.43. The van der Waals surface area contributed by atoms with Crippen molar-refractivity contribution < 1.29 is 4.79 Å². The molecule has 1 aromatic carbocycles. The number of carbonyl (C=O) groups is 1. The van der Waals surface area contributed by atoms with Gasteiger partial charge in [-0.15, -0.1) is 0 Å². The first-order valence-electron chi connectivity index (χ1n) is 5.69. The number of hydrogen-bond acceptors (Lipinski definition) is 1. The molecule has 1 amide bonds.